The number of hydrogen-bond acceptors (Lipinski definition) is 6. The van der Waals surface area contributed by atoms with Crippen molar-refractivity contribution in [2.75, 3.05) is 10.6 Å². The molecule has 2 aliphatic rings. The van der Waals surface area contributed by atoms with Crippen molar-refractivity contribution in [2.45, 2.75) is 32.9 Å². The van der Waals surface area contributed by atoms with E-state index in [1.54, 1.807) is 30.9 Å². The molecule has 2 N–H and O–H groups in total. The molecule has 4 aromatic carbocycles. The van der Waals surface area contributed by atoms with Gasteiger partial charge in [-0.1, -0.05) is 48.0 Å². The number of amides is 2. The first kappa shape index (κ1) is 36.9. The van der Waals surface area contributed by atoms with Crippen molar-refractivity contribution < 1.29 is 22.8 Å². The molecule has 0 aliphatic carbocycles. The predicted octanol–water partition coefficient (Wildman–Crippen LogP) is 10.7. The van der Waals surface area contributed by atoms with E-state index in [1.165, 1.54) is 13.0 Å². The Hall–Kier alpha value is -6.46. The Balaban J connectivity index is 0.000000170. The zero-order valence-corrected chi connectivity index (χ0v) is 30.3. The van der Waals surface area contributed by atoms with Crippen LogP contribution >= 0.6 is 11.6 Å². The highest BCUT2D eigenvalue weighted by molar-refractivity contribution is 6.32. The third-order valence-electron chi connectivity index (χ3n) is 9.06. The summed E-state index contributed by atoms with van der Waals surface area (Å²) in [5, 5.41) is 6.05. The Morgan fingerprint density at radius 1 is 0.564 bits per heavy atom. The van der Waals surface area contributed by atoms with Gasteiger partial charge in [-0.05, 0) is 119 Å². The van der Waals surface area contributed by atoms with E-state index >= 15 is 0 Å². The van der Waals surface area contributed by atoms with Gasteiger partial charge in [-0.2, -0.15) is 13.2 Å². The van der Waals surface area contributed by atoms with Crippen molar-refractivity contribution >= 4 is 57.6 Å². The number of pyridine rings is 2. The normalized spacial score (nSPS) is 13.7. The van der Waals surface area contributed by atoms with Crippen LogP contribution in [-0.2, 0) is 15.8 Å². The zero-order chi connectivity index (χ0) is 38.7. The summed E-state index contributed by atoms with van der Waals surface area (Å²) in [4.78, 5) is 42.0. The maximum Gasteiger partial charge on any atom is 0.416 e. The number of halogens is 4. The minimum absolute atomic E-state index is 0.0329. The van der Waals surface area contributed by atoms with Crippen LogP contribution in [-0.4, -0.2) is 33.2 Å². The summed E-state index contributed by atoms with van der Waals surface area (Å²) in [5.74, 6) is -0.509. The Morgan fingerprint density at radius 2 is 1.00 bits per heavy atom. The number of aromatic nitrogens is 2. The average Bonchev–Trinajstić information content (AvgIpc) is 3.44. The van der Waals surface area contributed by atoms with Crippen LogP contribution in [0.15, 0.2) is 132 Å². The summed E-state index contributed by atoms with van der Waals surface area (Å²) in [7, 11) is 0. The predicted molar refractivity (Wildman–Crippen MR) is 211 cm³/mol. The van der Waals surface area contributed by atoms with Gasteiger partial charge in [-0.3, -0.25) is 29.5 Å². The van der Waals surface area contributed by atoms with Crippen molar-refractivity contribution in [1.29, 1.82) is 0 Å². The Morgan fingerprint density at radius 3 is 1.47 bits per heavy atom. The number of rotatable bonds is 4. The Labute approximate surface area is 319 Å². The maximum absolute atomic E-state index is 13.2. The molecule has 0 saturated heterocycles. The molecule has 8 nitrogen and oxygen atoms in total. The number of aliphatic imine (C=N–C) groups is 2. The number of nitrogens with one attached hydrogen (secondary N) is 2. The van der Waals surface area contributed by atoms with Gasteiger partial charge in [0.1, 0.15) is 0 Å². The van der Waals surface area contributed by atoms with Gasteiger partial charge < -0.3 is 10.6 Å². The van der Waals surface area contributed by atoms with Gasteiger partial charge in [0, 0.05) is 29.8 Å². The lowest BCUT2D eigenvalue weighted by Crippen LogP contribution is -2.15. The first-order valence-electron chi connectivity index (χ1n) is 17.2. The molecule has 0 unspecified atom stereocenters. The average molecular weight is 757 g/mol. The maximum atomic E-state index is 13.2. The van der Waals surface area contributed by atoms with Crippen molar-refractivity contribution in [3.8, 4) is 22.3 Å². The smallest absolute Gasteiger partial charge is 0.324 e. The first-order chi connectivity index (χ1) is 26.4. The molecule has 55 heavy (non-hydrogen) atoms. The fourth-order valence-corrected chi connectivity index (χ4v) is 6.45. The van der Waals surface area contributed by atoms with E-state index in [4.69, 9.17) is 16.6 Å². The lowest BCUT2D eigenvalue weighted by Gasteiger charge is -2.13. The number of nitrogens with zero attached hydrogens (tertiary/aromatic N) is 4. The van der Waals surface area contributed by atoms with E-state index in [2.05, 4.69) is 31.7 Å². The summed E-state index contributed by atoms with van der Waals surface area (Å²) >= 11 is 6.18. The fraction of sp³-hybridized carbons (Fsp3) is 0.116. The van der Waals surface area contributed by atoms with Gasteiger partial charge in [0.15, 0.2) is 0 Å². The Bertz CT molecular complexity index is 2500. The van der Waals surface area contributed by atoms with Crippen LogP contribution in [0.1, 0.15) is 40.7 Å². The second-order valence-corrected chi connectivity index (χ2v) is 13.4. The van der Waals surface area contributed by atoms with Gasteiger partial charge in [-0.25, -0.2) is 0 Å². The number of benzene rings is 4. The third-order valence-corrected chi connectivity index (χ3v) is 9.47. The van der Waals surface area contributed by atoms with Crippen molar-refractivity contribution in [3.05, 3.63) is 155 Å². The van der Waals surface area contributed by atoms with Gasteiger partial charge in [0.2, 0.25) is 11.8 Å². The number of fused-ring (bicyclic) bond motifs is 2. The molecule has 8 rings (SSSR count). The number of alkyl halides is 3. The molecule has 274 valence electrons. The molecule has 0 bridgehead atoms. The molecule has 0 saturated carbocycles. The second kappa shape index (κ2) is 15.5. The summed E-state index contributed by atoms with van der Waals surface area (Å²) in [6.07, 6.45) is 2.59. The quantitative estimate of drug-likeness (QED) is 0.187. The first-order valence-corrected chi connectivity index (χ1v) is 17.6. The molecule has 2 aromatic heterocycles. The number of carbonyl (C=O) groups excluding carboxylic acids is 2. The highest BCUT2D eigenvalue weighted by Crippen LogP contribution is 2.39. The SMILES string of the molecule is Cc1cc2c(cc1C(F)(F)F)NC(=O)CC(c1cccc(-c3ccncc3)c1)=N2.Cc1cc2c(cc1Cl)NC(=O)CC(c1cccc(-c3ccncc3)c1)=N2. The van der Waals surface area contributed by atoms with Crippen LogP contribution in [0.4, 0.5) is 35.9 Å². The molecule has 12 heteroatoms. The standard InChI is InChI=1S/C22H16F3N3O.C21H16ClN3O/c1-13-9-19-20(11-17(13)22(23,24)25)28-21(29)12-18(27-19)16-4-2-3-15(10-16)14-5-7-26-8-6-14;1-13-9-19-20(11-17(13)22)25-21(26)12-18(24-19)16-4-2-3-15(10-16)14-5-7-23-8-6-14/h2-11H,12H2,1H3,(H,28,29);2-11H,12H2,1H3,(H,25,26). The highest BCUT2D eigenvalue weighted by atomic mass is 35.5. The monoisotopic (exact) mass is 756 g/mol. The molecular weight excluding hydrogens is 725 g/mol. The second-order valence-electron chi connectivity index (χ2n) is 13.0. The van der Waals surface area contributed by atoms with Crippen LogP contribution in [0, 0.1) is 13.8 Å². The number of anilines is 2. The number of hydrogen-bond donors (Lipinski definition) is 2. The van der Waals surface area contributed by atoms with E-state index in [1.807, 2.05) is 79.7 Å². The van der Waals surface area contributed by atoms with Crippen LogP contribution in [0.3, 0.4) is 0 Å². The molecule has 0 radical (unpaired) electrons. The van der Waals surface area contributed by atoms with E-state index < -0.39 is 17.6 Å². The van der Waals surface area contributed by atoms with E-state index in [-0.39, 0.29) is 30.0 Å². The molecule has 0 atom stereocenters. The lowest BCUT2D eigenvalue weighted by molar-refractivity contribution is -0.138. The summed E-state index contributed by atoms with van der Waals surface area (Å²) in [6.45, 7) is 3.31. The van der Waals surface area contributed by atoms with Crippen LogP contribution < -0.4 is 10.6 Å². The molecule has 6 aromatic rings. The lowest BCUT2D eigenvalue weighted by atomic mass is 10.0. The number of aryl methyl sites for hydroxylation is 2. The number of carbonyl (C=O) groups is 2. The van der Waals surface area contributed by atoms with Crippen molar-refractivity contribution in [2.24, 2.45) is 9.98 Å². The van der Waals surface area contributed by atoms with Crippen molar-refractivity contribution in [1.82, 2.24) is 9.97 Å². The molecule has 0 spiro atoms. The van der Waals surface area contributed by atoms with Gasteiger partial charge in [-0.15, -0.1) is 0 Å². The fourth-order valence-electron chi connectivity index (χ4n) is 6.29. The van der Waals surface area contributed by atoms with Crippen LogP contribution in [0.2, 0.25) is 5.02 Å². The van der Waals surface area contributed by atoms with Crippen LogP contribution in [0.5, 0.6) is 0 Å². The van der Waals surface area contributed by atoms with Crippen LogP contribution in [0.25, 0.3) is 22.3 Å². The van der Waals surface area contributed by atoms with Crippen molar-refractivity contribution in [3.63, 3.8) is 0 Å². The molecule has 2 aliphatic heterocycles. The van der Waals surface area contributed by atoms with Gasteiger partial charge >= 0.3 is 6.18 Å². The highest BCUT2D eigenvalue weighted by Gasteiger charge is 2.34. The minimum Gasteiger partial charge on any atom is -0.324 e. The summed E-state index contributed by atoms with van der Waals surface area (Å²) < 4.78 is 39.6. The van der Waals surface area contributed by atoms with Gasteiger partial charge in [0.05, 0.1) is 52.6 Å². The minimum atomic E-state index is -4.50. The molecular formula is C43H32ClF3N6O2. The molecule has 2 amide bonds. The largest absolute Gasteiger partial charge is 0.416 e. The van der Waals surface area contributed by atoms with E-state index in [9.17, 15) is 22.8 Å². The van der Waals surface area contributed by atoms with Gasteiger partial charge in [0.25, 0.3) is 0 Å². The summed E-state index contributed by atoms with van der Waals surface area (Å²) in [5.41, 5.74) is 8.86. The van der Waals surface area contributed by atoms with E-state index in [0.29, 0.717) is 22.1 Å². The van der Waals surface area contributed by atoms with E-state index in [0.717, 1.165) is 56.4 Å². The molecule has 0 fully saturated rings. The zero-order valence-electron chi connectivity index (χ0n) is 29.6. The molecule has 4 heterocycles. The topological polar surface area (TPSA) is 109 Å². The Kier molecular flexibility index (Phi) is 10.4. The third kappa shape index (κ3) is 8.53. The summed E-state index contributed by atoms with van der Waals surface area (Å²) in [6, 6.07) is 29.2.